The molecule has 2 aromatic rings. The molecular weight excluding hydrogens is 451 g/mol. The normalized spacial score (nSPS) is 16.0. The van der Waals surface area contributed by atoms with Gasteiger partial charge in [-0.2, -0.15) is 4.08 Å². The van der Waals surface area contributed by atoms with Crippen molar-refractivity contribution in [3.63, 3.8) is 0 Å². The standard InChI is InChI=1S/C28H42ClO3P/c1-9-19(5)23-15-13-16-24(20(6)10-2)27(23)30-33(32-29)31-28-25(21(7)11-3)17-14-18-26(28)22(8)12-4/h13-22H,9-12H2,1-8H3. The Bertz CT molecular complexity index is 746. The molecule has 3 nitrogen and oxygen atoms in total. The van der Waals surface area contributed by atoms with E-state index in [2.05, 4.69) is 91.8 Å². The van der Waals surface area contributed by atoms with E-state index in [1.165, 1.54) is 22.3 Å². The fourth-order valence-electron chi connectivity index (χ4n) is 3.99. The van der Waals surface area contributed by atoms with Crippen LogP contribution >= 0.6 is 20.5 Å². The smallest absolute Gasteiger partial charge is 0.416 e. The molecule has 184 valence electrons. The van der Waals surface area contributed by atoms with Gasteiger partial charge in [0.2, 0.25) is 0 Å². The van der Waals surface area contributed by atoms with E-state index in [1.54, 1.807) is 0 Å². The number of halogens is 1. The van der Waals surface area contributed by atoms with Gasteiger partial charge >= 0.3 is 8.60 Å². The zero-order valence-corrected chi connectivity index (χ0v) is 23.3. The average molecular weight is 493 g/mol. The molecule has 0 saturated carbocycles. The Balaban J connectivity index is 2.53. The topological polar surface area (TPSA) is 27.7 Å². The number of rotatable bonds is 13. The van der Waals surface area contributed by atoms with Crippen molar-refractivity contribution in [3.05, 3.63) is 58.7 Å². The molecule has 33 heavy (non-hydrogen) atoms. The van der Waals surface area contributed by atoms with Crippen LogP contribution in [0.5, 0.6) is 11.5 Å². The van der Waals surface area contributed by atoms with E-state index in [-0.39, 0.29) is 0 Å². The first-order valence-electron chi connectivity index (χ1n) is 12.5. The zero-order valence-electron chi connectivity index (χ0n) is 21.7. The SMILES string of the molecule is CCC(C)c1cccc(C(C)CC)c1OP(OCl)Oc1c(C(C)CC)cccc1C(C)CC. The first-order chi connectivity index (χ1) is 15.8. The Morgan fingerprint density at radius 3 is 1.09 bits per heavy atom. The van der Waals surface area contributed by atoms with Crippen LogP contribution in [-0.2, 0) is 4.08 Å². The van der Waals surface area contributed by atoms with Crippen molar-refractivity contribution in [1.82, 2.24) is 0 Å². The predicted molar refractivity (Wildman–Crippen MR) is 143 cm³/mol. The minimum Gasteiger partial charge on any atom is -0.416 e. The Morgan fingerprint density at radius 1 is 0.606 bits per heavy atom. The molecule has 0 N–H and O–H groups in total. The predicted octanol–water partition coefficient (Wildman–Crippen LogP) is 10.6. The van der Waals surface area contributed by atoms with E-state index in [1.807, 2.05) is 0 Å². The summed E-state index contributed by atoms with van der Waals surface area (Å²) >= 11 is 6.01. The second-order valence-electron chi connectivity index (χ2n) is 9.24. The van der Waals surface area contributed by atoms with E-state index in [9.17, 15) is 0 Å². The molecule has 2 aromatic carbocycles. The highest BCUT2D eigenvalue weighted by Gasteiger charge is 2.28. The Morgan fingerprint density at radius 2 is 0.879 bits per heavy atom. The Labute approximate surface area is 208 Å². The summed E-state index contributed by atoms with van der Waals surface area (Å²) in [6.45, 7) is 17.7. The lowest BCUT2D eigenvalue weighted by Gasteiger charge is -2.26. The lowest BCUT2D eigenvalue weighted by molar-refractivity contribution is 0.389. The number of hydrogen-bond acceptors (Lipinski definition) is 3. The molecular formula is C28H42ClO3P. The van der Waals surface area contributed by atoms with Gasteiger partial charge in [-0.3, -0.25) is 0 Å². The van der Waals surface area contributed by atoms with Gasteiger partial charge in [0.25, 0.3) is 0 Å². The third-order valence-electron chi connectivity index (χ3n) is 7.11. The molecule has 0 aliphatic rings. The fraction of sp³-hybridized carbons (Fsp3) is 0.571. The maximum Gasteiger partial charge on any atom is 0.481 e. The van der Waals surface area contributed by atoms with Gasteiger partial charge in [-0.15, -0.1) is 0 Å². The monoisotopic (exact) mass is 492 g/mol. The van der Waals surface area contributed by atoms with Crippen molar-refractivity contribution >= 4 is 20.5 Å². The molecule has 0 aliphatic heterocycles. The highest BCUT2D eigenvalue weighted by molar-refractivity contribution is 7.43. The lowest BCUT2D eigenvalue weighted by atomic mass is 9.90. The zero-order chi connectivity index (χ0) is 24.5. The quantitative estimate of drug-likeness (QED) is 0.260. The first-order valence-corrected chi connectivity index (χ1v) is 13.9. The second kappa shape index (κ2) is 13.6. The van der Waals surface area contributed by atoms with Crippen molar-refractivity contribution in [3.8, 4) is 11.5 Å². The van der Waals surface area contributed by atoms with E-state index < -0.39 is 8.60 Å². The first kappa shape index (κ1) is 28.0. The molecule has 0 bridgehead atoms. The van der Waals surface area contributed by atoms with Crippen LogP contribution in [0.25, 0.3) is 0 Å². The summed E-state index contributed by atoms with van der Waals surface area (Å²) in [5, 5.41) is 0. The summed E-state index contributed by atoms with van der Waals surface area (Å²) in [5.74, 6) is 3.16. The molecule has 2 rings (SSSR count). The van der Waals surface area contributed by atoms with Gasteiger partial charge < -0.3 is 9.05 Å². The van der Waals surface area contributed by atoms with Crippen LogP contribution in [0.15, 0.2) is 36.4 Å². The van der Waals surface area contributed by atoms with E-state index in [4.69, 9.17) is 25.0 Å². The third-order valence-corrected chi connectivity index (χ3v) is 8.23. The molecule has 0 fully saturated rings. The Hall–Kier alpha value is -1.28. The molecule has 4 atom stereocenters. The molecule has 4 unspecified atom stereocenters. The van der Waals surface area contributed by atoms with Gasteiger partial charge in [0.15, 0.2) is 0 Å². The van der Waals surface area contributed by atoms with Crippen molar-refractivity contribution in [2.24, 2.45) is 0 Å². The molecule has 0 saturated heterocycles. The molecule has 0 radical (unpaired) electrons. The van der Waals surface area contributed by atoms with Crippen molar-refractivity contribution in [2.45, 2.75) is 105 Å². The summed E-state index contributed by atoms with van der Waals surface area (Å²) in [6.07, 6.45) is 4.09. The van der Waals surface area contributed by atoms with Crippen molar-refractivity contribution in [2.75, 3.05) is 0 Å². The van der Waals surface area contributed by atoms with Crippen LogP contribution in [0.3, 0.4) is 0 Å². The summed E-state index contributed by atoms with van der Waals surface area (Å²) in [4.78, 5) is 0. The summed E-state index contributed by atoms with van der Waals surface area (Å²) in [6, 6.07) is 12.8. The number of para-hydroxylation sites is 2. The summed E-state index contributed by atoms with van der Waals surface area (Å²) < 4.78 is 18.3. The van der Waals surface area contributed by atoms with Crippen LogP contribution in [0, 0.1) is 0 Å². The third kappa shape index (κ3) is 6.87. The van der Waals surface area contributed by atoms with Gasteiger partial charge in [-0.1, -0.05) is 91.8 Å². The second-order valence-corrected chi connectivity index (χ2v) is 10.6. The lowest BCUT2D eigenvalue weighted by Crippen LogP contribution is -2.08. The minimum atomic E-state index is -1.83. The number of hydrogen-bond donors (Lipinski definition) is 0. The minimum absolute atomic E-state index is 0.360. The van der Waals surface area contributed by atoms with E-state index in [0.29, 0.717) is 23.7 Å². The molecule has 0 aliphatic carbocycles. The van der Waals surface area contributed by atoms with E-state index in [0.717, 1.165) is 37.2 Å². The van der Waals surface area contributed by atoms with Gasteiger partial charge in [0.05, 0.1) is 11.9 Å². The summed E-state index contributed by atoms with van der Waals surface area (Å²) in [7, 11) is -1.83. The van der Waals surface area contributed by atoms with Gasteiger partial charge in [0.1, 0.15) is 11.5 Å². The van der Waals surface area contributed by atoms with E-state index >= 15 is 0 Å². The highest BCUT2D eigenvalue weighted by Crippen LogP contribution is 2.50. The Kier molecular flexibility index (Phi) is 11.5. The van der Waals surface area contributed by atoms with Crippen LogP contribution in [0.1, 0.15) is 127 Å². The largest absolute Gasteiger partial charge is 0.481 e. The highest BCUT2D eigenvalue weighted by atomic mass is 35.5. The number of benzene rings is 2. The molecule has 0 spiro atoms. The van der Waals surface area contributed by atoms with Gasteiger partial charge in [-0.25, -0.2) is 0 Å². The summed E-state index contributed by atoms with van der Waals surface area (Å²) in [5.41, 5.74) is 4.71. The fourth-order valence-corrected chi connectivity index (χ4v) is 4.97. The molecule has 5 heteroatoms. The van der Waals surface area contributed by atoms with Crippen LogP contribution in [0.4, 0.5) is 0 Å². The average Bonchev–Trinajstić information content (AvgIpc) is 2.86. The van der Waals surface area contributed by atoms with Crippen molar-refractivity contribution in [1.29, 1.82) is 0 Å². The van der Waals surface area contributed by atoms with Crippen molar-refractivity contribution < 1.29 is 13.1 Å². The van der Waals surface area contributed by atoms with Gasteiger partial charge in [0, 0.05) is 0 Å². The van der Waals surface area contributed by atoms with Crippen LogP contribution in [0.2, 0.25) is 0 Å². The maximum absolute atomic E-state index is 6.50. The molecule has 0 amide bonds. The maximum atomic E-state index is 6.50. The van der Waals surface area contributed by atoms with Crippen LogP contribution < -0.4 is 9.05 Å². The van der Waals surface area contributed by atoms with Gasteiger partial charge in [-0.05, 0) is 71.6 Å². The molecule has 0 heterocycles. The molecule has 0 aromatic heterocycles. The van der Waals surface area contributed by atoms with Crippen LogP contribution in [-0.4, -0.2) is 0 Å².